The number of ether oxygens (including phenoxy) is 3. The normalized spacial score (nSPS) is 12.7. The van der Waals surface area contributed by atoms with Crippen molar-refractivity contribution in [2.45, 2.75) is 24.8 Å². The Hall–Kier alpha value is -1.64. The summed E-state index contributed by atoms with van der Waals surface area (Å²) in [7, 11) is -0.867. The second kappa shape index (κ2) is 8.11. The largest absolute Gasteiger partial charge is 0.482 e. The second-order valence-corrected chi connectivity index (χ2v) is 6.48. The monoisotopic (exact) mass is 331 g/mol. The zero-order valence-electron chi connectivity index (χ0n) is 13.1. The average Bonchev–Trinajstić information content (AvgIpc) is 2.45. The number of benzene rings is 1. The average molecular weight is 331 g/mol. The molecule has 1 aromatic rings. The topological polar surface area (TPSA) is 90.9 Å². The number of carbonyl (C=O) groups is 1. The van der Waals surface area contributed by atoms with Gasteiger partial charge in [0.2, 0.25) is 10.0 Å². The summed E-state index contributed by atoms with van der Waals surface area (Å²) < 4.78 is 41.6. The van der Waals surface area contributed by atoms with E-state index in [0.717, 1.165) is 0 Å². The van der Waals surface area contributed by atoms with Crippen LogP contribution in [-0.2, 0) is 24.3 Å². The van der Waals surface area contributed by atoms with Gasteiger partial charge in [-0.2, -0.15) is 0 Å². The summed E-state index contributed by atoms with van der Waals surface area (Å²) in [5.74, 6) is -0.0829. The highest BCUT2D eigenvalue weighted by Crippen LogP contribution is 2.22. The van der Waals surface area contributed by atoms with E-state index in [2.05, 4.69) is 9.46 Å². The van der Waals surface area contributed by atoms with Crippen molar-refractivity contribution in [3.05, 3.63) is 23.8 Å². The van der Waals surface area contributed by atoms with E-state index in [9.17, 15) is 13.2 Å². The molecule has 0 radical (unpaired) electrons. The first-order valence-corrected chi connectivity index (χ1v) is 8.10. The third-order valence-electron chi connectivity index (χ3n) is 2.80. The first-order valence-electron chi connectivity index (χ1n) is 6.61. The zero-order valence-corrected chi connectivity index (χ0v) is 13.9. The molecule has 0 saturated carbocycles. The molecular formula is C14H21NO6S. The Bertz CT molecular complexity index is 614. The van der Waals surface area contributed by atoms with E-state index >= 15 is 0 Å². The summed E-state index contributed by atoms with van der Waals surface area (Å²) in [5.41, 5.74) is 0.603. The molecule has 0 heterocycles. The van der Waals surface area contributed by atoms with Gasteiger partial charge in [-0.05, 0) is 37.6 Å². The Kier molecular flexibility index (Phi) is 6.79. The Morgan fingerprint density at radius 1 is 1.32 bits per heavy atom. The first-order chi connectivity index (χ1) is 10.3. The lowest BCUT2D eigenvalue weighted by atomic mass is 10.2. The number of nitrogens with one attached hydrogen (secondary N) is 1. The maximum Gasteiger partial charge on any atom is 0.343 e. The van der Waals surface area contributed by atoms with Gasteiger partial charge in [0.25, 0.3) is 0 Å². The maximum atomic E-state index is 12.2. The lowest BCUT2D eigenvalue weighted by molar-refractivity contribution is -0.142. The van der Waals surface area contributed by atoms with Gasteiger partial charge in [-0.15, -0.1) is 0 Å². The van der Waals surface area contributed by atoms with E-state index in [0.29, 0.717) is 11.3 Å². The number of hydrogen-bond acceptors (Lipinski definition) is 6. The van der Waals surface area contributed by atoms with Crippen molar-refractivity contribution in [1.29, 1.82) is 0 Å². The van der Waals surface area contributed by atoms with Crippen molar-refractivity contribution in [2.75, 3.05) is 27.4 Å². The van der Waals surface area contributed by atoms with Gasteiger partial charge in [0.05, 0.1) is 18.6 Å². The number of aryl methyl sites for hydroxylation is 1. The standard InChI is InChI=1S/C14H21NO6S/c1-10-7-12(22(17,18)15-11(2)8-19-3)5-6-13(10)21-9-14(16)20-4/h5-7,11,15H,8-9H2,1-4H3/t11-/m1/s1. The van der Waals surface area contributed by atoms with Crippen LogP contribution in [0.3, 0.4) is 0 Å². The quantitative estimate of drug-likeness (QED) is 0.711. The van der Waals surface area contributed by atoms with Crippen LogP contribution in [0.25, 0.3) is 0 Å². The lowest BCUT2D eigenvalue weighted by Gasteiger charge is -2.14. The van der Waals surface area contributed by atoms with E-state index in [4.69, 9.17) is 9.47 Å². The fourth-order valence-corrected chi connectivity index (χ4v) is 3.08. The molecule has 1 N–H and O–H groups in total. The predicted octanol–water partition coefficient (Wildman–Crippen LogP) is 0.860. The minimum Gasteiger partial charge on any atom is -0.482 e. The Labute approximate surface area is 130 Å². The molecule has 0 bridgehead atoms. The van der Waals surface area contributed by atoms with E-state index in [1.165, 1.54) is 32.4 Å². The number of carbonyl (C=O) groups excluding carboxylic acids is 1. The smallest absolute Gasteiger partial charge is 0.343 e. The van der Waals surface area contributed by atoms with Gasteiger partial charge >= 0.3 is 5.97 Å². The molecule has 0 spiro atoms. The summed E-state index contributed by atoms with van der Waals surface area (Å²) in [6, 6.07) is 4.06. The van der Waals surface area contributed by atoms with Gasteiger partial charge in [-0.1, -0.05) is 0 Å². The molecule has 0 aromatic heterocycles. The van der Waals surface area contributed by atoms with Crippen LogP contribution in [0.1, 0.15) is 12.5 Å². The summed E-state index contributed by atoms with van der Waals surface area (Å²) in [6.45, 7) is 3.46. The molecule has 0 saturated heterocycles. The highest BCUT2D eigenvalue weighted by Gasteiger charge is 2.18. The van der Waals surface area contributed by atoms with Crippen LogP contribution in [0, 0.1) is 6.92 Å². The van der Waals surface area contributed by atoms with Crippen LogP contribution < -0.4 is 9.46 Å². The first kappa shape index (κ1) is 18.4. The lowest BCUT2D eigenvalue weighted by Crippen LogP contribution is -2.35. The fourth-order valence-electron chi connectivity index (χ4n) is 1.76. The summed E-state index contributed by atoms with van der Waals surface area (Å²) in [4.78, 5) is 11.2. The molecule has 0 unspecified atom stereocenters. The molecule has 0 aliphatic heterocycles. The number of rotatable bonds is 8. The molecule has 1 aromatic carbocycles. The summed E-state index contributed by atoms with van der Waals surface area (Å²) >= 11 is 0. The van der Waals surface area contributed by atoms with Gasteiger partial charge < -0.3 is 14.2 Å². The van der Waals surface area contributed by atoms with Crippen LogP contribution in [0.2, 0.25) is 0 Å². The van der Waals surface area contributed by atoms with Crippen molar-refractivity contribution in [3.8, 4) is 5.75 Å². The molecule has 0 aliphatic rings. The molecular weight excluding hydrogens is 310 g/mol. The predicted molar refractivity (Wildman–Crippen MR) is 80.3 cm³/mol. The molecule has 7 nitrogen and oxygen atoms in total. The van der Waals surface area contributed by atoms with Crippen LogP contribution in [0.15, 0.2) is 23.1 Å². The second-order valence-electron chi connectivity index (χ2n) is 4.77. The van der Waals surface area contributed by atoms with Gasteiger partial charge in [0.1, 0.15) is 5.75 Å². The van der Waals surface area contributed by atoms with Crippen molar-refractivity contribution >= 4 is 16.0 Å². The number of sulfonamides is 1. The number of esters is 1. The Morgan fingerprint density at radius 2 is 2.00 bits per heavy atom. The third kappa shape index (κ3) is 5.28. The van der Waals surface area contributed by atoms with Crippen LogP contribution >= 0.6 is 0 Å². The molecule has 124 valence electrons. The Balaban J connectivity index is 2.85. The van der Waals surface area contributed by atoms with Crippen molar-refractivity contribution in [3.63, 3.8) is 0 Å². The minimum absolute atomic E-state index is 0.123. The number of hydrogen-bond donors (Lipinski definition) is 1. The van der Waals surface area contributed by atoms with E-state index < -0.39 is 16.0 Å². The van der Waals surface area contributed by atoms with E-state index in [1.807, 2.05) is 0 Å². The summed E-state index contributed by atoms with van der Waals surface area (Å²) in [6.07, 6.45) is 0. The summed E-state index contributed by atoms with van der Waals surface area (Å²) in [5, 5.41) is 0. The SMILES string of the molecule is COC[C@@H](C)NS(=O)(=O)c1ccc(OCC(=O)OC)c(C)c1. The third-order valence-corrected chi connectivity index (χ3v) is 4.39. The highest BCUT2D eigenvalue weighted by molar-refractivity contribution is 7.89. The molecule has 1 rings (SSSR count). The van der Waals surface area contributed by atoms with Gasteiger partial charge in [-0.3, -0.25) is 0 Å². The molecule has 8 heteroatoms. The molecule has 22 heavy (non-hydrogen) atoms. The van der Waals surface area contributed by atoms with Crippen LogP contribution in [-0.4, -0.2) is 47.9 Å². The van der Waals surface area contributed by atoms with Crippen molar-refractivity contribution in [1.82, 2.24) is 4.72 Å². The van der Waals surface area contributed by atoms with Crippen molar-refractivity contribution in [2.24, 2.45) is 0 Å². The maximum absolute atomic E-state index is 12.2. The zero-order chi connectivity index (χ0) is 16.8. The molecule has 0 aliphatic carbocycles. The van der Waals surface area contributed by atoms with E-state index in [1.54, 1.807) is 13.8 Å². The fraction of sp³-hybridized carbons (Fsp3) is 0.500. The van der Waals surface area contributed by atoms with Gasteiger partial charge in [0.15, 0.2) is 6.61 Å². The van der Waals surface area contributed by atoms with Gasteiger partial charge in [-0.25, -0.2) is 17.9 Å². The minimum atomic E-state index is -3.63. The Morgan fingerprint density at radius 3 is 2.55 bits per heavy atom. The molecule has 0 fully saturated rings. The number of methoxy groups -OCH3 is 2. The highest BCUT2D eigenvalue weighted by atomic mass is 32.2. The van der Waals surface area contributed by atoms with Gasteiger partial charge in [0, 0.05) is 13.2 Å². The molecule has 0 amide bonds. The van der Waals surface area contributed by atoms with Crippen molar-refractivity contribution < 1.29 is 27.4 Å². The van der Waals surface area contributed by atoms with E-state index in [-0.39, 0.29) is 24.2 Å². The van der Waals surface area contributed by atoms with Crippen LogP contribution in [0.5, 0.6) is 5.75 Å². The van der Waals surface area contributed by atoms with Crippen LogP contribution in [0.4, 0.5) is 0 Å². The molecule has 1 atom stereocenters.